The van der Waals surface area contributed by atoms with Crippen LogP contribution in [0.5, 0.6) is 0 Å². The molecular formula is C22H33N5O3. The van der Waals surface area contributed by atoms with E-state index >= 15 is 0 Å². The second-order valence-electron chi connectivity index (χ2n) is 8.58. The second-order valence-corrected chi connectivity index (χ2v) is 8.58. The Balaban J connectivity index is 1.17. The molecule has 1 amide bonds. The van der Waals surface area contributed by atoms with Crippen molar-refractivity contribution in [2.24, 2.45) is 5.92 Å². The molecule has 8 heteroatoms. The fraction of sp³-hybridized carbons (Fsp3) is 0.682. The number of hydrogen-bond acceptors (Lipinski definition) is 7. The number of hydroxylamine groups is 1. The topological polar surface area (TPSA) is 88.6 Å². The molecule has 2 atom stereocenters. The zero-order valence-electron chi connectivity index (χ0n) is 17.6. The number of rotatable bonds is 8. The van der Waals surface area contributed by atoms with Gasteiger partial charge in [-0.15, -0.1) is 0 Å². The maximum atomic E-state index is 11.9. The van der Waals surface area contributed by atoms with Crippen LogP contribution in [0.3, 0.4) is 0 Å². The first kappa shape index (κ1) is 21.2. The van der Waals surface area contributed by atoms with E-state index in [1.54, 1.807) is 18.5 Å². The molecule has 2 N–H and O–H groups in total. The van der Waals surface area contributed by atoms with Crippen molar-refractivity contribution in [1.82, 2.24) is 20.3 Å². The van der Waals surface area contributed by atoms with Crippen molar-refractivity contribution in [1.29, 1.82) is 0 Å². The van der Waals surface area contributed by atoms with Crippen LogP contribution in [0, 0.1) is 5.92 Å². The second kappa shape index (κ2) is 10.8. The third kappa shape index (κ3) is 6.48. The van der Waals surface area contributed by atoms with Gasteiger partial charge in [0.25, 0.3) is 5.91 Å². The number of likely N-dealkylation sites (tertiary alicyclic amines) is 1. The number of aromatic nitrogens is 2. The number of carbonyl (C=O) groups excluding carboxylic acids is 1. The SMILES string of the molecule is O=C(C=Cc1cnc(N[C@@H]2CCN(CC3CCCC3)C2)cn1)NOC1CCCCO1. The summed E-state index contributed by atoms with van der Waals surface area (Å²) in [4.78, 5) is 28.5. The van der Waals surface area contributed by atoms with Gasteiger partial charge in [-0.2, -0.15) is 0 Å². The molecular weight excluding hydrogens is 382 g/mol. The average molecular weight is 416 g/mol. The molecule has 0 bridgehead atoms. The molecule has 3 fully saturated rings. The number of amides is 1. The Bertz CT molecular complexity index is 699. The normalized spacial score (nSPS) is 25.7. The quantitative estimate of drug-likeness (QED) is 0.498. The molecule has 1 saturated carbocycles. The first-order valence-electron chi connectivity index (χ1n) is 11.3. The number of nitrogens with zero attached hydrogens (tertiary/aromatic N) is 3. The highest BCUT2D eigenvalue weighted by Crippen LogP contribution is 2.27. The molecule has 8 nitrogen and oxygen atoms in total. The van der Waals surface area contributed by atoms with E-state index in [1.165, 1.54) is 38.3 Å². The largest absolute Gasteiger partial charge is 0.365 e. The van der Waals surface area contributed by atoms with Gasteiger partial charge in [-0.1, -0.05) is 12.8 Å². The lowest BCUT2D eigenvalue weighted by atomic mass is 10.1. The van der Waals surface area contributed by atoms with Gasteiger partial charge in [-0.05, 0) is 44.1 Å². The predicted octanol–water partition coefficient (Wildman–Crippen LogP) is 2.74. The molecule has 0 radical (unpaired) electrons. The molecule has 1 aliphatic carbocycles. The zero-order valence-corrected chi connectivity index (χ0v) is 17.6. The van der Waals surface area contributed by atoms with Crippen LogP contribution < -0.4 is 10.8 Å². The third-order valence-corrected chi connectivity index (χ3v) is 6.12. The number of carbonyl (C=O) groups is 1. The van der Waals surface area contributed by atoms with Crippen LogP contribution in [-0.4, -0.2) is 59.3 Å². The van der Waals surface area contributed by atoms with E-state index in [9.17, 15) is 4.79 Å². The lowest BCUT2D eigenvalue weighted by Crippen LogP contribution is -2.32. The van der Waals surface area contributed by atoms with Crippen molar-refractivity contribution in [3.8, 4) is 0 Å². The maximum absolute atomic E-state index is 11.9. The molecule has 1 unspecified atom stereocenters. The third-order valence-electron chi connectivity index (χ3n) is 6.12. The van der Waals surface area contributed by atoms with Gasteiger partial charge in [-0.25, -0.2) is 15.3 Å². The summed E-state index contributed by atoms with van der Waals surface area (Å²) in [6.45, 7) is 4.15. The highest BCUT2D eigenvalue weighted by molar-refractivity contribution is 5.90. The van der Waals surface area contributed by atoms with Gasteiger partial charge in [-0.3, -0.25) is 9.78 Å². The van der Waals surface area contributed by atoms with E-state index in [1.807, 2.05) is 0 Å². The van der Waals surface area contributed by atoms with E-state index in [2.05, 4.69) is 25.7 Å². The molecule has 4 rings (SSSR count). The monoisotopic (exact) mass is 415 g/mol. The summed E-state index contributed by atoms with van der Waals surface area (Å²) in [7, 11) is 0. The van der Waals surface area contributed by atoms with Gasteiger partial charge in [0, 0.05) is 44.8 Å². The van der Waals surface area contributed by atoms with Crippen molar-refractivity contribution in [2.75, 3.05) is 31.6 Å². The van der Waals surface area contributed by atoms with E-state index in [0.717, 1.165) is 50.5 Å². The minimum Gasteiger partial charge on any atom is -0.365 e. The molecule has 3 aliphatic rings. The predicted molar refractivity (Wildman–Crippen MR) is 114 cm³/mol. The Labute approximate surface area is 178 Å². The van der Waals surface area contributed by atoms with Crippen molar-refractivity contribution in [3.63, 3.8) is 0 Å². The van der Waals surface area contributed by atoms with E-state index < -0.39 is 0 Å². The van der Waals surface area contributed by atoms with Crippen LogP contribution >= 0.6 is 0 Å². The first-order chi connectivity index (χ1) is 14.7. The Hall–Kier alpha value is -2.03. The van der Waals surface area contributed by atoms with Crippen LogP contribution in [0.1, 0.15) is 57.1 Å². The maximum Gasteiger partial charge on any atom is 0.267 e. The highest BCUT2D eigenvalue weighted by Gasteiger charge is 2.26. The highest BCUT2D eigenvalue weighted by atomic mass is 16.8. The molecule has 2 aliphatic heterocycles. The fourth-order valence-electron chi connectivity index (χ4n) is 4.51. The molecule has 3 heterocycles. The van der Waals surface area contributed by atoms with Crippen LogP contribution in [0.2, 0.25) is 0 Å². The molecule has 0 aromatic carbocycles. The Kier molecular flexibility index (Phi) is 7.66. The molecule has 164 valence electrons. The minimum absolute atomic E-state index is 0.346. The summed E-state index contributed by atoms with van der Waals surface area (Å²) < 4.78 is 5.40. The molecule has 30 heavy (non-hydrogen) atoms. The number of nitrogens with one attached hydrogen (secondary N) is 2. The van der Waals surface area contributed by atoms with E-state index in [-0.39, 0.29) is 12.2 Å². The zero-order chi connectivity index (χ0) is 20.6. The van der Waals surface area contributed by atoms with Crippen LogP contribution in [0.25, 0.3) is 6.08 Å². The summed E-state index contributed by atoms with van der Waals surface area (Å²) in [5, 5.41) is 3.49. The first-order valence-corrected chi connectivity index (χ1v) is 11.3. The van der Waals surface area contributed by atoms with Crippen molar-refractivity contribution in [3.05, 3.63) is 24.2 Å². The van der Waals surface area contributed by atoms with Gasteiger partial charge in [0.15, 0.2) is 6.29 Å². The summed E-state index contributed by atoms with van der Waals surface area (Å²) in [6, 6.07) is 0.423. The van der Waals surface area contributed by atoms with Crippen molar-refractivity contribution in [2.45, 2.75) is 63.7 Å². The van der Waals surface area contributed by atoms with Gasteiger partial charge in [0.05, 0.1) is 18.1 Å². The summed E-state index contributed by atoms with van der Waals surface area (Å²) in [5.41, 5.74) is 3.02. The van der Waals surface area contributed by atoms with Crippen LogP contribution in [-0.2, 0) is 14.4 Å². The molecule has 1 aromatic rings. The Morgan fingerprint density at radius 2 is 2.03 bits per heavy atom. The van der Waals surface area contributed by atoms with E-state index in [4.69, 9.17) is 9.57 Å². The van der Waals surface area contributed by atoms with E-state index in [0.29, 0.717) is 18.3 Å². The summed E-state index contributed by atoms with van der Waals surface area (Å²) in [5.74, 6) is 1.33. The lowest BCUT2D eigenvalue weighted by molar-refractivity contribution is -0.198. The standard InChI is InChI=1S/C22H33N5O3/c28-21(26-30-22-7-3-4-12-29-22)9-8-18-13-24-20(14-23-18)25-19-10-11-27(16-19)15-17-5-1-2-6-17/h8-9,13-14,17,19,22H,1-7,10-12,15-16H2,(H,24,25)(H,26,28)/t19-,22?/m1/s1. The Morgan fingerprint density at radius 3 is 2.80 bits per heavy atom. The van der Waals surface area contributed by atoms with Crippen molar-refractivity contribution < 1.29 is 14.4 Å². The average Bonchev–Trinajstić information content (AvgIpc) is 3.45. The van der Waals surface area contributed by atoms with Crippen molar-refractivity contribution >= 4 is 17.8 Å². The Morgan fingerprint density at radius 1 is 1.17 bits per heavy atom. The van der Waals surface area contributed by atoms with Crippen LogP contribution in [0.15, 0.2) is 18.5 Å². The summed E-state index contributed by atoms with van der Waals surface area (Å²) in [6.07, 6.45) is 15.7. The summed E-state index contributed by atoms with van der Waals surface area (Å²) >= 11 is 0. The van der Waals surface area contributed by atoms with Gasteiger partial charge in [0.1, 0.15) is 5.82 Å². The number of hydrogen-bond donors (Lipinski definition) is 2. The van der Waals surface area contributed by atoms with Gasteiger partial charge in [0.2, 0.25) is 0 Å². The number of ether oxygens (including phenoxy) is 1. The smallest absolute Gasteiger partial charge is 0.267 e. The lowest BCUT2D eigenvalue weighted by Gasteiger charge is -2.21. The van der Waals surface area contributed by atoms with Gasteiger partial charge >= 0.3 is 0 Å². The molecule has 1 aromatic heterocycles. The van der Waals surface area contributed by atoms with Gasteiger partial charge < -0.3 is 15.0 Å². The molecule has 0 spiro atoms. The molecule has 2 saturated heterocycles. The fourth-order valence-corrected chi connectivity index (χ4v) is 4.51. The van der Waals surface area contributed by atoms with Crippen LogP contribution in [0.4, 0.5) is 5.82 Å². The minimum atomic E-state index is -0.356. The number of anilines is 1.